The van der Waals surface area contributed by atoms with Gasteiger partial charge in [0.25, 0.3) is 5.91 Å². The van der Waals surface area contributed by atoms with Gasteiger partial charge in [0.05, 0.1) is 12.0 Å². The van der Waals surface area contributed by atoms with Crippen molar-refractivity contribution in [1.82, 2.24) is 4.31 Å². The number of sulfonamides is 1. The number of hydrogen-bond acceptors (Lipinski definition) is 7. The molecule has 1 N–H and O–H groups in total. The van der Waals surface area contributed by atoms with Crippen LogP contribution in [0.15, 0.2) is 47.4 Å². The number of anilines is 1. The van der Waals surface area contributed by atoms with Gasteiger partial charge in [0.1, 0.15) is 10.6 Å². The van der Waals surface area contributed by atoms with Gasteiger partial charge in [0, 0.05) is 24.8 Å². The fourth-order valence-electron chi connectivity index (χ4n) is 3.27. The zero-order valence-electron chi connectivity index (χ0n) is 16.9. The van der Waals surface area contributed by atoms with E-state index in [1.54, 1.807) is 6.07 Å². The standard InChI is InChI=1S/C20H23N3O7S/c1-29-18-10-9-15(13-19(18)31(27,28)22-11-5-2-6-12-22)21-20(24)14-30-17-8-4-3-7-16(17)23(25)26/h3-4,7-10,13H,2,5-6,11-12,14H2,1H3,(H,21,24). The number of nitro groups is 1. The Kier molecular flexibility index (Phi) is 7.08. The monoisotopic (exact) mass is 449 g/mol. The first-order chi connectivity index (χ1) is 14.8. The van der Waals surface area contributed by atoms with Crippen LogP contribution < -0.4 is 14.8 Å². The van der Waals surface area contributed by atoms with Crippen molar-refractivity contribution >= 4 is 27.3 Å². The predicted molar refractivity (Wildman–Crippen MR) is 113 cm³/mol. The molecule has 2 aromatic rings. The van der Waals surface area contributed by atoms with Crippen LogP contribution in [0.2, 0.25) is 0 Å². The van der Waals surface area contributed by atoms with Crippen molar-refractivity contribution in [3.05, 3.63) is 52.6 Å². The van der Waals surface area contributed by atoms with Crippen LogP contribution >= 0.6 is 0 Å². The zero-order valence-corrected chi connectivity index (χ0v) is 17.8. The summed E-state index contributed by atoms with van der Waals surface area (Å²) in [6.45, 7) is 0.391. The number of nitro benzene ring substituents is 1. The number of amides is 1. The van der Waals surface area contributed by atoms with E-state index in [2.05, 4.69) is 5.32 Å². The number of benzene rings is 2. The Morgan fingerprint density at radius 1 is 1.13 bits per heavy atom. The van der Waals surface area contributed by atoms with Gasteiger partial charge in [0.2, 0.25) is 10.0 Å². The SMILES string of the molecule is COc1ccc(NC(=O)COc2ccccc2[N+](=O)[O-])cc1S(=O)(=O)N1CCCCC1. The molecular weight excluding hydrogens is 426 g/mol. The van der Waals surface area contributed by atoms with Crippen molar-refractivity contribution in [2.24, 2.45) is 0 Å². The molecule has 0 bridgehead atoms. The first kappa shape index (κ1) is 22.5. The molecule has 1 aliphatic heterocycles. The molecular formula is C20H23N3O7S. The molecule has 166 valence electrons. The van der Waals surface area contributed by atoms with Gasteiger partial charge in [-0.3, -0.25) is 14.9 Å². The number of methoxy groups -OCH3 is 1. The molecule has 10 nitrogen and oxygen atoms in total. The van der Waals surface area contributed by atoms with Crippen LogP contribution in [0.25, 0.3) is 0 Å². The Balaban J connectivity index is 1.74. The van der Waals surface area contributed by atoms with Crippen LogP contribution in [-0.2, 0) is 14.8 Å². The van der Waals surface area contributed by atoms with Gasteiger partial charge < -0.3 is 14.8 Å². The van der Waals surface area contributed by atoms with Crippen LogP contribution in [0, 0.1) is 10.1 Å². The van der Waals surface area contributed by atoms with Gasteiger partial charge in [-0.15, -0.1) is 0 Å². The Bertz CT molecular complexity index is 1070. The molecule has 11 heteroatoms. The smallest absolute Gasteiger partial charge is 0.310 e. The lowest BCUT2D eigenvalue weighted by molar-refractivity contribution is -0.385. The van der Waals surface area contributed by atoms with E-state index in [0.29, 0.717) is 13.1 Å². The lowest BCUT2D eigenvalue weighted by atomic mass is 10.2. The number of hydrogen-bond donors (Lipinski definition) is 1. The maximum atomic E-state index is 13.1. The second-order valence-corrected chi connectivity index (χ2v) is 8.80. The summed E-state index contributed by atoms with van der Waals surface area (Å²) in [6.07, 6.45) is 2.57. The number of carbonyl (C=O) groups is 1. The van der Waals surface area contributed by atoms with E-state index in [4.69, 9.17) is 9.47 Å². The van der Waals surface area contributed by atoms with Crippen molar-refractivity contribution in [3.63, 3.8) is 0 Å². The third-order valence-corrected chi connectivity index (χ3v) is 6.72. The molecule has 31 heavy (non-hydrogen) atoms. The molecule has 1 fully saturated rings. The number of carbonyl (C=O) groups excluding carboxylic acids is 1. The Morgan fingerprint density at radius 3 is 2.52 bits per heavy atom. The quantitative estimate of drug-likeness (QED) is 0.485. The molecule has 0 spiro atoms. The van der Waals surface area contributed by atoms with Crippen LogP contribution in [-0.4, -0.2) is 50.4 Å². The molecule has 0 aliphatic carbocycles. The van der Waals surface area contributed by atoms with Crippen molar-refractivity contribution in [1.29, 1.82) is 0 Å². The van der Waals surface area contributed by atoms with Gasteiger partial charge in [-0.25, -0.2) is 8.42 Å². The van der Waals surface area contributed by atoms with Crippen LogP contribution in [0.5, 0.6) is 11.5 Å². The first-order valence-corrected chi connectivity index (χ1v) is 11.1. The summed E-state index contributed by atoms with van der Waals surface area (Å²) in [6, 6.07) is 10.0. The Labute approximate surface area is 180 Å². The average molecular weight is 449 g/mol. The fraction of sp³-hybridized carbons (Fsp3) is 0.350. The molecule has 0 radical (unpaired) electrons. The number of piperidine rings is 1. The lowest BCUT2D eigenvalue weighted by Gasteiger charge is -2.26. The molecule has 3 rings (SSSR count). The third-order valence-electron chi connectivity index (χ3n) is 4.80. The van der Waals surface area contributed by atoms with E-state index in [-0.39, 0.29) is 27.8 Å². The van der Waals surface area contributed by atoms with Gasteiger partial charge in [-0.2, -0.15) is 4.31 Å². The van der Waals surface area contributed by atoms with Crippen LogP contribution in [0.1, 0.15) is 19.3 Å². The van der Waals surface area contributed by atoms with E-state index < -0.39 is 27.5 Å². The molecule has 0 aromatic heterocycles. The highest BCUT2D eigenvalue weighted by molar-refractivity contribution is 7.89. The Hall–Kier alpha value is -3.18. The maximum absolute atomic E-state index is 13.1. The summed E-state index contributed by atoms with van der Waals surface area (Å²) in [7, 11) is -2.40. The number of ether oxygens (including phenoxy) is 2. The van der Waals surface area contributed by atoms with Crippen molar-refractivity contribution < 1.29 is 27.6 Å². The summed E-state index contributed by atoms with van der Waals surface area (Å²) >= 11 is 0. The molecule has 0 atom stereocenters. The summed E-state index contributed by atoms with van der Waals surface area (Å²) in [4.78, 5) is 22.7. The minimum Gasteiger partial charge on any atom is -0.495 e. The van der Waals surface area contributed by atoms with Crippen molar-refractivity contribution in [2.45, 2.75) is 24.2 Å². The van der Waals surface area contributed by atoms with E-state index in [1.165, 1.54) is 47.8 Å². The number of nitrogens with one attached hydrogen (secondary N) is 1. The van der Waals surface area contributed by atoms with Gasteiger partial charge in [0.15, 0.2) is 12.4 Å². The van der Waals surface area contributed by atoms with E-state index in [0.717, 1.165) is 19.3 Å². The molecule has 1 aliphatic rings. The van der Waals surface area contributed by atoms with Crippen LogP contribution in [0.4, 0.5) is 11.4 Å². The fourth-order valence-corrected chi connectivity index (χ4v) is 4.97. The van der Waals surface area contributed by atoms with Crippen molar-refractivity contribution in [2.75, 3.05) is 32.1 Å². The highest BCUT2D eigenvalue weighted by atomic mass is 32.2. The van der Waals surface area contributed by atoms with Gasteiger partial charge in [-0.05, 0) is 37.1 Å². The predicted octanol–water partition coefficient (Wildman–Crippen LogP) is 2.80. The highest BCUT2D eigenvalue weighted by Gasteiger charge is 2.29. The van der Waals surface area contributed by atoms with Gasteiger partial charge >= 0.3 is 5.69 Å². The van der Waals surface area contributed by atoms with Gasteiger partial charge in [-0.1, -0.05) is 18.6 Å². The molecule has 0 unspecified atom stereocenters. The second-order valence-electron chi connectivity index (χ2n) is 6.89. The van der Waals surface area contributed by atoms with E-state index >= 15 is 0 Å². The summed E-state index contributed by atoms with van der Waals surface area (Å²) in [5, 5.41) is 13.6. The molecule has 2 aromatic carbocycles. The summed E-state index contributed by atoms with van der Waals surface area (Å²) < 4.78 is 38.0. The lowest BCUT2D eigenvalue weighted by Crippen LogP contribution is -2.35. The first-order valence-electron chi connectivity index (χ1n) is 9.67. The summed E-state index contributed by atoms with van der Waals surface area (Å²) in [5.41, 5.74) is -0.0118. The molecule has 1 amide bonds. The third kappa shape index (κ3) is 5.30. The average Bonchev–Trinajstić information content (AvgIpc) is 2.78. The van der Waals surface area contributed by atoms with Crippen molar-refractivity contribution in [3.8, 4) is 11.5 Å². The minimum absolute atomic E-state index is 0.0330. The highest BCUT2D eigenvalue weighted by Crippen LogP contribution is 2.31. The topological polar surface area (TPSA) is 128 Å². The molecule has 1 heterocycles. The van der Waals surface area contributed by atoms with E-state index in [1.807, 2.05) is 0 Å². The largest absolute Gasteiger partial charge is 0.495 e. The number of para-hydroxylation sites is 2. The number of rotatable bonds is 8. The summed E-state index contributed by atoms with van der Waals surface area (Å²) in [5.74, 6) is -0.449. The number of nitrogens with zero attached hydrogens (tertiary/aromatic N) is 2. The second kappa shape index (κ2) is 9.75. The normalized spacial score (nSPS) is 14.6. The minimum atomic E-state index is -3.78. The Morgan fingerprint density at radius 2 is 1.84 bits per heavy atom. The van der Waals surface area contributed by atoms with Crippen LogP contribution in [0.3, 0.4) is 0 Å². The van der Waals surface area contributed by atoms with E-state index in [9.17, 15) is 23.3 Å². The zero-order chi connectivity index (χ0) is 22.4. The molecule has 0 saturated carbocycles. The molecule has 1 saturated heterocycles. The maximum Gasteiger partial charge on any atom is 0.310 e.